The molecule has 0 unspecified atom stereocenters. The number of pyridine rings is 1. The van der Waals surface area contributed by atoms with Gasteiger partial charge in [0.1, 0.15) is 19.0 Å². The maximum absolute atomic E-state index is 5.75. The van der Waals surface area contributed by atoms with Crippen molar-refractivity contribution in [3.8, 4) is 11.5 Å². The summed E-state index contributed by atoms with van der Waals surface area (Å²) >= 11 is 3.39. The average molecular weight is 323 g/mol. The van der Waals surface area contributed by atoms with E-state index in [4.69, 9.17) is 15.2 Å². The fourth-order valence-corrected chi connectivity index (χ4v) is 1.93. The number of nitrogens with zero attached hydrogens (tertiary/aromatic N) is 1. The zero-order valence-electron chi connectivity index (χ0n) is 10.6. The zero-order chi connectivity index (χ0) is 13.7. The number of hydrogen-bond acceptors (Lipinski definition) is 4. The van der Waals surface area contributed by atoms with E-state index in [-0.39, 0.29) is 0 Å². The molecule has 0 bridgehead atoms. The molecule has 0 spiro atoms. The quantitative estimate of drug-likeness (QED) is 0.859. The van der Waals surface area contributed by atoms with Gasteiger partial charge in [-0.15, -0.1) is 0 Å². The first-order valence-electron chi connectivity index (χ1n) is 5.89. The van der Waals surface area contributed by atoms with Crippen molar-refractivity contribution in [2.45, 2.75) is 6.92 Å². The summed E-state index contributed by atoms with van der Waals surface area (Å²) in [4.78, 5) is 4.13. The molecule has 0 aliphatic carbocycles. The summed E-state index contributed by atoms with van der Waals surface area (Å²) in [6.45, 7) is 2.75. The number of rotatable bonds is 5. The van der Waals surface area contributed by atoms with Gasteiger partial charge in [-0.05, 0) is 37.3 Å². The van der Waals surface area contributed by atoms with Crippen LogP contribution in [0.4, 0.5) is 5.82 Å². The van der Waals surface area contributed by atoms with Crippen LogP contribution in [0, 0.1) is 6.92 Å². The Kier molecular flexibility index (Phi) is 4.63. The standard InChI is InChI=1S/C14H15BrN2O2/c1-10-5-6-13(14(16)17-10)19-8-7-18-12-4-2-3-11(15)9-12/h2-6,9H,7-8H2,1H3,(H2,16,17). The Balaban J connectivity index is 1.81. The summed E-state index contributed by atoms with van der Waals surface area (Å²) in [6.07, 6.45) is 0. The molecule has 2 aromatic rings. The molecule has 0 saturated carbocycles. The van der Waals surface area contributed by atoms with Gasteiger partial charge < -0.3 is 15.2 Å². The van der Waals surface area contributed by atoms with Crippen LogP contribution < -0.4 is 15.2 Å². The molecule has 100 valence electrons. The van der Waals surface area contributed by atoms with Gasteiger partial charge in [-0.25, -0.2) is 4.98 Å². The topological polar surface area (TPSA) is 57.4 Å². The minimum atomic E-state index is 0.405. The predicted molar refractivity (Wildman–Crippen MR) is 78.5 cm³/mol. The lowest BCUT2D eigenvalue weighted by Gasteiger charge is -2.10. The maximum atomic E-state index is 5.75. The molecule has 0 aliphatic rings. The van der Waals surface area contributed by atoms with Gasteiger partial charge in [-0.2, -0.15) is 0 Å². The molecule has 0 saturated heterocycles. The Morgan fingerprint density at radius 2 is 1.95 bits per heavy atom. The highest BCUT2D eigenvalue weighted by molar-refractivity contribution is 9.10. The normalized spacial score (nSPS) is 10.2. The number of hydrogen-bond donors (Lipinski definition) is 1. The van der Waals surface area contributed by atoms with Crippen molar-refractivity contribution in [2.75, 3.05) is 18.9 Å². The summed E-state index contributed by atoms with van der Waals surface area (Å²) < 4.78 is 12.1. The van der Waals surface area contributed by atoms with Crippen molar-refractivity contribution in [2.24, 2.45) is 0 Å². The van der Waals surface area contributed by atoms with E-state index in [1.54, 1.807) is 0 Å². The van der Waals surface area contributed by atoms with Gasteiger partial charge in [0.2, 0.25) is 0 Å². The van der Waals surface area contributed by atoms with Crippen molar-refractivity contribution < 1.29 is 9.47 Å². The monoisotopic (exact) mass is 322 g/mol. The lowest BCUT2D eigenvalue weighted by atomic mass is 10.3. The van der Waals surface area contributed by atoms with Gasteiger partial charge >= 0.3 is 0 Å². The Hall–Kier alpha value is -1.75. The summed E-state index contributed by atoms with van der Waals surface area (Å²) in [7, 11) is 0. The average Bonchev–Trinajstić information content (AvgIpc) is 2.37. The van der Waals surface area contributed by atoms with Crippen LogP contribution in [0.2, 0.25) is 0 Å². The van der Waals surface area contributed by atoms with Gasteiger partial charge in [-0.3, -0.25) is 0 Å². The van der Waals surface area contributed by atoms with E-state index in [1.807, 2.05) is 43.3 Å². The van der Waals surface area contributed by atoms with Crippen LogP contribution in [0.1, 0.15) is 5.69 Å². The van der Waals surface area contributed by atoms with E-state index in [2.05, 4.69) is 20.9 Å². The molecule has 0 aliphatic heterocycles. The van der Waals surface area contributed by atoms with Crippen molar-refractivity contribution in [1.82, 2.24) is 4.98 Å². The molecular formula is C14H15BrN2O2. The van der Waals surface area contributed by atoms with Crippen molar-refractivity contribution in [1.29, 1.82) is 0 Å². The SMILES string of the molecule is Cc1ccc(OCCOc2cccc(Br)c2)c(N)n1. The molecule has 1 heterocycles. The van der Waals surface area contributed by atoms with Crippen LogP contribution in [0.3, 0.4) is 0 Å². The second kappa shape index (κ2) is 6.43. The summed E-state index contributed by atoms with van der Waals surface area (Å²) in [5.74, 6) is 1.79. The van der Waals surface area contributed by atoms with E-state index in [1.165, 1.54) is 0 Å². The first kappa shape index (κ1) is 13.7. The first-order chi connectivity index (χ1) is 9.15. The van der Waals surface area contributed by atoms with E-state index < -0.39 is 0 Å². The van der Waals surface area contributed by atoms with Gasteiger partial charge in [0.25, 0.3) is 0 Å². The van der Waals surface area contributed by atoms with E-state index in [9.17, 15) is 0 Å². The number of anilines is 1. The third kappa shape index (κ3) is 4.13. The van der Waals surface area contributed by atoms with Crippen LogP contribution >= 0.6 is 15.9 Å². The van der Waals surface area contributed by atoms with Gasteiger partial charge in [0.05, 0.1) is 0 Å². The molecule has 19 heavy (non-hydrogen) atoms. The molecule has 2 N–H and O–H groups in total. The smallest absolute Gasteiger partial charge is 0.166 e. The Morgan fingerprint density at radius 3 is 2.68 bits per heavy atom. The lowest BCUT2D eigenvalue weighted by molar-refractivity contribution is 0.217. The van der Waals surface area contributed by atoms with E-state index in [0.29, 0.717) is 24.8 Å². The minimum Gasteiger partial charge on any atom is -0.490 e. The molecule has 0 radical (unpaired) electrons. The number of nitrogens with two attached hydrogens (primary N) is 1. The maximum Gasteiger partial charge on any atom is 0.166 e. The van der Waals surface area contributed by atoms with Crippen LogP contribution in [-0.4, -0.2) is 18.2 Å². The fraction of sp³-hybridized carbons (Fsp3) is 0.214. The number of nitrogen functional groups attached to an aromatic ring is 1. The summed E-state index contributed by atoms with van der Waals surface area (Å²) in [6, 6.07) is 11.3. The zero-order valence-corrected chi connectivity index (χ0v) is 12.2. The van der Waals surface area contributed by atoms with Crippen LogP contribution in [0.15, 0.2) is 40.9 Å². The number of ether oxygens (including phenoxy) is 2. The summed E-state index contributed by atoms with van der Waals surface area (Å²) in [5.41, 5.74) is 6.62. The third-order valence-corrected chi connectivity index (χ3v) is 2.92. The van der Waals surface area contributed by atoms with Gasteiger partial charge in [-0.1, -0.05) is 22.0 Å². The Morgan fingerprint density at radius 1 is 1.16 bits per heavy atom. The van der Waals surface area contributed by atoms with Gasteiger partial charge in [0, 0.05) is 10.2 Å². The molecule has 0 amide bonds. The highest BCUT2D eigenvalue weighted by atomic mass is 79.9. The number of halogens is 1. The highest BCUT2D eigenvalue weighted by Crippen LogP contribution is 2.19. The molecule has 0 atom stereocenters. The van der Waals surface area contributed by atoms with Gasteiger partial charge in [0.15, 0.2) is 11.6 Å². The first-order valence-corrected chi connectivity index (χ1v) is 6.69. The highest BCUT2D eigenvalue weighted by Gasteiger charge is 2.02. The van der Waals surface area contributed by atoms with E-state index >= 15 is 0 Å². The van der Waals surface area contributed by atoms with Crippen molar-refractivity contribution in [3.63, 3.8) is 0 Å². The van der Waals surface area contributed by atoms with E-state index in [0.717, 1.165) is 15.9 Å². The molecule has 1 aromatic carbocycles. The minimum absolute atomic E-state index is 0.405. The number of benzene rings is 1. The molecule has 4 nitrogen and oxygen atoms in total. The fourth-order valence-electron chi connectivity index (χ4n) is 1.55. The van der Waals surface area contributed by atoms with Crippen LogP contribution in [0.25, 0.3) is 0 Å². The summed E-state index contributed by atoms with van der Waals surface area (Å²) in [5, 5.41) is 0. The van der Waals surface area contributed by atoms with Crippen molar-refractivity contribution in [3.05, 3.63) is 46.6 Å². The molecular weight excluding hydrogens is 308 g/mol. The number of aryl methyl sites for hydroxylation is 1. The Labute approximate surface area is 120 Å². The van der Waals surface area contributed by atoms with Crippen molar-refractivity contribution >= 4 is 21.7 Å². The third-order valence-electron chi connectivity index (χ3n) is 2.43. The lowest BCUT2D eigenvalue weighted by Crippen LogP contribution is -2.10. The molecule has 0 fully saturated rings. The van der Waals surface area contributed by atoms with Crippen LogP contribution in [-0.2, 0) is 0 Å². The molecule has 1 aromatic heterocycles. The van der Waals surface area contributed by atoms with Crippen LogP contribution in [0.5, 0.6) is 11.5 Å². The molecule has 2 rings (SSSR count). The largest absolute Gasteiger partial charge is 0.490 e. The Bertz CT molecular complexity index is 561. The predicted octanol–water partition coefficient (Wildman–Crippen LogP) is 3.19. The molecule has 5 heteroatoms. The second-order valence-electron chi connectivity index (χ2n) is 3.99. The number of aromatic nitrogens is 1. The second-order valence-corrected chi connectivity index (χ2v) is 4.91.